The maximum absolute atomic E-state index is 11.9. The SMILES string of the molecule is CCOC(=O)C[C@@H]1N[C@@H]([C@H]2COC(C)(C)O2)[C@@H]2OC(C)(C)O[C@@H]21. The Morgan fingerprint density at radius 3 is 2.43 bits per heavy atom. The Balaban J connectivity index is 1.73. The predicted molar refractivity (Wildman–Crippen MR) is 80.7 cm³/mol. The molecule has 3 fully saturated rings. The molecule has 0 saturated carbocycles. The fraction of sp³-hybridized carbons (Fsp3) is 0.938. The summed E-state index contributed by atoms with van der Waals surface area (Å²) in [6.45, 7) is 10.2. The lowest BCUT2D eigenvalue weighted by atomic mass is 10.0. The van der Waals surface area contributed by atoms with Crippen LogP contribution in [0.5, 0.6) is 0 Å². The van der Waals surface area contributed by atoms with Gasteiger partial charge in [0.15, 0.2) is 11.6 Å². The van der Waals surface area contributed by atoms with E-state index in [1.165, 1.54) is 0 Å². The summed E-state index contributed by atoms with van der Waals surface area (Å²) >= 11 is 0. The fourth-order valence-electron chi connectivity index (χ4n) is 3.63. The molecule has 3 aliphatic heterocycles. The van der Waals surface area contributed by atoms with Gasteiger partial charge in [0.05, 0.1) is 25.7 Å². The molecule has 0 aromatic heterocycles. The third kappa shape index (κ3) is 3.53. The molecule has 0 radical (unpaired) electrons. The fourth-order valence-corrected chi connectivity index (χ4v) is 3.63. The maximum Gasteiger partial charge on any atom is 0.307 e. The van der Waals surface area contributed by atoms with E-state index in [1.807, 2.05) is 27.7 Å². The highest BCUT2D eigenvalue weighted by molar-refractivity contribution is 5.70. The molecule has 3 aliphatic rings. The van der Waals surface area contributed by atoms with Crippen molar-refractivity contribution in [3.05, 3.63) is 0 Å². The first-order chi connectivity index (χ1) is 10.7. The summed E-state index contributed by atoms with van der Waals surface area (Å²) in [4.78, 5) is 11.9. The van der Waals surface area contributed by atoms with Gasteiger partial charge in [0.25, 0.3) is 0 Å². The van der Waals surface area contributed by atoms with Crippen molar-refractivity contribution in [3.8, 4) is 0 Å². The number of hydrogen-bond acceptors (Lipinski definition) is 7. The smallest absolute Gasteiger partial charge is 0.307 e. The van der Waals surface area contributed by atoms with E-state index >= 15 is 0 Å². The summed E-state index contributed by atoms with van der Waals surface area (Å²) in [5, 5.41) is 3.44. The van der Waals surface area contributed by atoms with E-state index in [2.05, 4.69) is 5.32 Å². The Morgan fingerprint density at radius 1 is 1.13 bits per heavy atom. The molecule has 3 saturated heterocycles. The van der Waals surface area contributed by atoms with Crippen LogP contribution in [0.15, 0.2) is 0 Å². The number of carbonyl (C=O) groups excluding carboxylic acids is 1. The lowest BCUT2D eigenvalue weighted by Gasteiger charge is -2.27. The van der Waals surface area contributed by atoms with Gasteiger partial charge in [-0.15, -0.1) is 0 Å². The first kappa shape index (κ1) is 17.1. The monoisotopic (exact) mass is 329 g/mol. The summed E-state index contributed by atoms with van der Waals surface area (Å²) < 4.78 is 28.8. The van der Waals surface area contributed by atoms with Gasteiger partial charge in [0, 0.05) is 6.04 Å². The van der Waals surface area contributed by atoms with Crippen molar-refractivity contribution in [2.45, 2.75) is 83.0 Å². The van der Waals surface area contributed by atoms with Gasteiger partial charge in [-0.3, -0.25) is 4.79 Å². The van der Waals surface area contributed by atoms with E-state index in [4.69, 9.17) is 23.7 Å². The normalized spacial score (nSPS) is 41.0. The molecule has 0 aromatic carbocycles. The van der Waals surface area contributed by atoms with Gasteiger partial charge in [0.2, 0.25) is 0 Å². The van der Waals surface area contributed by atoms with Gasteiger partial charge in [-0.05, 0) is 34.6 Å². The lowest BCUT2D eigenvalue weighted by Crippen LogP contribution is -2.47. The number of ether oxygens (including phenoxy) is 5. The zero-order valence-corrected chi connectivity index (χ0v) is 14.5. The van der Waals surface area contributed by atoms with Crippen LogP contribution in [0.4, 0.5) is 0 Å². The number of fused-ring (bicyclic) bond motifs is 1. The summed E-state index contributed by atoms with van der Waals surface area (Å²) in [7, 11) is 0. The Hall–Kier alpha value is -0.730. The largest absolute Gasteiger partial charge is 0.466 e. The standard InChI is InChI=1S/C16H27NO6/c1-6-19-11(18)7-9-13-14(23-16(4,5)22-13)12(17-9)10-8-20-15(2,3)21-10/h9-10,12-14,17H,6-8H2,1-5H3/t9-,10+,12-,13+,14-/m0/s1. The molecule has 0 amide bonds. The Bertz CT molecular complexity index is 465. The molecule has 7 heteroatoms. The van der Waals surface area contributed by atoms with E-state index in [1.54, 1.807) is 6.92 Å². The van der Waals surface area contributed by atoms with Crippen LogP contribution in [-0.2, 0) is 28.5 Å². The van der Waals surface area contributed by atoms with Crippen LogP contribution >= 0.6 is 0 Å². The van der Waals surface area contributed by atoms with Crippen LogP contribution in [-0.4, -0.2) is 61.2 Å². The molecule has 0 aliphatic carbocycles. The number of rotatable bonds is 4. The second-order valence-electron chi connectivity index (χ2n) is 7.24. The average molecular weight is 329 g/mol. The first-order valence-corrected chi connectivity index (χ1v) is 8.30. The van der Waals surface area contributed by atoms with Crippen molar-refractivity contribution in [1.29, 1.82) is 0 Å². The molecule has 132 valence electrons. The minimum absolute atomic E-state index is 0.0806. The summed E-state index contributed by atoms with van der Waals surface area (Å²) in [5.74, 6) is -1.50. The van der Waals surface area contributed by atoms with Gasteiger partial charge in [-0.25, -0.2) is 0 Å². The molecule has 0 unspecified atom stereocenters. The van der Waals surface area contributed by atoms with Crippen LogP contribution in [0.2, 0.25) is 0 Å². The van der Waals surface area contributed by atoms with Gasteiger partial charge in [-0.2, -0.15) is 0 Å². The molecule has 3 heterocycles. The molecule has 5 atom stereocenters. The van der Waals surface area contributed by atoms with Crippen molar-refractivity contribution in [2.75, 3.05) is 13.2 Å². The predicted octanol–water partition coefficient (Wildman–Crippen LogP) is 0.952. The van der Waals surface area contributed by atoms with Crippen LogP contribution in [0.25, 0.3) is 0 Å². The highest BCUT2D eigenvalue weighted by Crippen LogP contribution is 2.39. The molecule has 7 nitrogen and oxygen atoms in total. The lowest BCUT2D eigenvalue weighted by molar-refractivity contribution is -0.169. The van der Waals surface area contributed by atoms with Crippen LogP contribution in [0.1, 0.15) is 41.0 Å². The first-order valence-electron chi connectivity index (χ1n) is 8.30. The van der Waals surface area contributed by atoms with Crippen LogP contribution in [0, 0.1) is 0 Å². The Morgan fingerprint density at radius 2 is 1.83 bits per heavy atom. The van der Waals surface area contributed by atoms with Gasteiger partial charge in [0.1, 0.15) is 18.3 Å². The molecule has 1 N–H and O–H groups in total. The number of hydrogen-bond donors (Lipinski definition) is 1. The number of nitrogens with one attached hydrogen (secondary N) is 1. The van der Waals surface area contributed by atoms with Crippen molar-refractivity contribution in [2.24, 2.45) is 0 Å². The summed E-state index contributed by atoms with van der Waals surface area (Å²) in [6.07, 6.45) is -0.261. The zero-order chi connectivity index (χ0) is 16.8. The molecule has 23 heavy (non-hydrogen) atoms. The van der Waals surface area contributed by atoms with E-state index in [0.717, 1.165) is 0 Å². The average Bonchev–Trinajstić information content (AvgIpc) is 3.02. The van der Waals surface area contributed by atoms with E-state index in [-0.39, 0.29) is 42.8 Å². The molecular weight excluding hydrogens is 302 g/mol. The molecule has 3 rings (SSSR count). The molecule has 0 spiro atoms. The second kappa shape index (κ2) is 5.97. The van der Waals surface area contributed by atoms with Crippen molar-refractivity contribution in [3.63, 3.8) is 0 Å². The third-order valence-corrected chi connectivity index (χ3v) is 4.44. The Labute approximate surface area is 136 Å². The summed E-state index contributed by atoms with van der Waals surface area (Å²) in [5.41, 5.74) is 0. The van der Waals surface area contributed by atoms with E-state index < -0.39 is 11.6 Å². The quantitative estimate of drug-likeness (QED) is 0.770. The number of carbonyl (C=O) groups is 1. The minimum Gasteiger partial charge on any atom is -0.466 e. The van der Waals surface area contributed by atoms with Gasteiger partial charge < -0.3 is 29.0 Å². The van der Waals surface area contributed by atoms with Gasteiger partial charge in [-0.1, -0.05) is 0 Å². The molecule has 0 aromatic rings. The molecule has 0 bridgehead atoms. The second-order valence-corrected chi connectivity index (χ2v) is 7.24. The number of esters is 1. The topological polar surface area (TPSA) is 75.3 Å². The highest BCUT2D eigenvalue weighted by atomic mass is 16.8. The third-order valence-electron chi connectivity index (χ3n) is 4.44. The van der Waals surface area contributed by atoms with Gasteiger partial charge >= 0.3 is 5.97 Å². The maximum atomic E-state index is 11.9. The van der Waals surface area contributed by atoms with Crippen molar-refractivity contribution in [1.82, 2.24) is 5.32 Å². The minimum atomic E-state index is -0.669. The van der Waals surface area contributed by atoms with E-state index in [9.17, 15) is 4.79 Å². The van der Waals surface area contributed by atoms with Crippen molar-refractivity contribution >= 4 is 5.97 Å². The molecular formula is C16H27NO6. The zero-order valence-electron chi connectivity index (χ0n) is 14.5. The van der Waals surface area contributed by atoms with E-state index in [0.29, 0.717) is 13.2 Å². The van der Waals surface area contributed by atoms with Crippen LogP contribution in [0.3, 0.4) is 0 Å². The van der Waals surface area contributed by atoms with Crippen molar-refractivity contribution < 1.29 is 28.5 Å². The Kier molecular flexibility index (Phi) is 4.44. The summed E-state index contributed by atoms with van der Waals surface area (Å²) in [6, 6.07) is -0.235. The highest BCUT2D eigenvalue weighted by Gasteiger charge is 2.57. The van der Waals surface area contributed by atoms with Crippen LogP contribution < -0.4 is 5.32 Å².